The predicted molar refractivity (Wildman–Crippen MR) is 118 cm³/mol. The Hall–Kier alpha value is -3.10. The van der Waals surface area contributed by atoms with Crippen LogP contribution in [0.1, 0.15) is 12.5 Å². The number of H-pyrrole nitrogens is 1. The van der Waals surface area contributed by atoms with E-state index in [-0.39, 0.29) is 11.3 Å². The molecule has 1 N–H and O–H groups in total. The molecule has 0 saturated carbocycles. The second kappa shape index (κ2) is 8.56. The summed E-state index contributed by atoms with van der Waals surface area (Å²) in [6.07, 6.45) is 3.36. The number of aromatic nitrogens is 2. The molecule has 4 rings (SSSR count). The summed E-state index contributed by atoms with van der Waals surface area (Å²) in [6, 6.07) is 10.1. The van der Waals surface area contributed by atoms with Gasteiger partial charge in [-0.2, -0.15) is 0 Å². The van der Waals surface area contributed by atoms with Gasteiger partial charge in [0.2, 0.25) is 0 Å². The number of ether oxygens (including phenoxy) is 1. The average molecular weight is 442 g/mol. The topological polar surface area (TPSA) is 70.1 Å². The molecule has 0 saturated heterocycles. The monoisotopic (exact) mass is 442 g/mol. The van der Waals surface area contributed by atoms with Crippen molar-refractivity contribution >= 4 is 22.1 Å². The third-order valence-corrected chi connectivity index (χ3v) is 6.29. The molecule has 0 aliphatic heterocycles. The van der Waals surface area contributed by atoms with E-state index in [2.05, 4.69) is 4.98 Å². The molecule has 2 heterocycles. The number of pyridine rings is 1. The van der Waals surface area contributed by atoms with Gasteiger partial charge in [0.05, 0.1) is 0 Å². The lowest BCUT2D eigenvalue weighted by Gasteiger charge is -2.16. The predicted octanol–water partition coefficient (Wildman–Crippen LogP) is 4.87. The summed E-state index contributed by atoms with van der Waals surface area (Å²) in [4.78, 5) is 15.4. The Labute approximate surface area is 180 Å². The quantitative estimate of drug-likeness (QED) is 0.433. The smallest absolute Gasteiger partial charge is 0.274 e. The Kier molecular flexibility index (Phi) is 5.84. The molecule has 1 atom stereocenters. The van der Waals surface area contributed by atoms with Gasteiger partial charge in [-0.3, -0.25) is 4.79 Å². The largest absolute Gasteiger partial charge is 0.616 e. The van der Waals surface area contributed by atoms with E-state index in [9.17, 15) is 18.1 Å². The average Bonchev–Trinajstić information content (AvgIpc) is 3.24. The molecule has 0 radical (unpaired) electrons. The highest BCUT2D eigenvalue weighted by Crippen LogP contribution is 2.38. The van der Waals surface area contributed by atoms with Gasteiger partial charge >= 0.3 is 0 Å². The van der Waals surface area contributed by atoms with Gasteiger partial charge < -0.3 is 18.8 Å². The molecule has 0 amide bonds. The molecule has 0 fully saturated rings. The third kappa shape index (κ3) is 4.22. The van der Waals surface area contributed by atoms with Crippen molar-refractivity contribution in [1.82, 2.24) is 9.55 Å². The molecule has 1 unspecified atom stereocenters. The Morgan fingerprint density at radius 1 is 1.10 bits per heavy atom. The zero-order chi connectivity index (χ0) is 22.1. The van der Waals surface area contributed by atoms with E-state index in [1.807, 2.05) is 13.0 Å². The third-order valence-electron chi connectivity index (χ3n) is 4.99. The van der Waals surface area contributed by atoms with Crippen molar-refractivity contribution in [2.45, 2.75) is 12.7 Å². The number of fused-ring (bicyclic) bond motifs is 1. The number of aryl methyl sites for hydroxylation is 1. The fourth-order valence-electron chi connectivity index (χ4n) is 3.41. The Morgan fingerprint density at radius 3 is 2.61 bits per heavy atom. The molecule has 5 nitrogen and oxygen atoms in total. The number of aromatic amines is 1. The van der Waals surface area contributed by atoms with Gasteiger partial charge in [0.15, 0.2) is 11.6 Å². The van der Waals surface area contributed by atoms with E-state index in [1.54, 1.807) is 37.6 Å². The lowest BCUT2D eigenvalue weighted by molar-refractivity contribution is 0.439. The van der Waals surface area contributed by atoms with E-state index in [0.29, 0.717) is 39.3 Å². The number of benzene rings is 2. The first-order valence-corrected chi connectivity index (χ1v) is 11.1. The van der Waals surface area contributed by atoms with Gasteiger partial charge in [0, 0.05) is 47.6 Å². The highest BCUT2D eigenvalue weighted by Gasteiger charge is 2.18. The van der Waals surface area contributed by atoms with Crippen LogP contribution >= 0.6 is 0 Å². The van der Waals surface area contributed by atoms with Crippen LogP contribution < -0.4 is 10.3 Å². The molecule has 0 bridgehead atoms. The van der Waals surface area contributed by atoms with Crippen molar-refractivity contribution in [3.63, 3.8) is 0 Å². The standard InChI is InChI=1S/C23H20F2N2O3S/c1-3-31(29)13-14-4-6-20(30-21-7-5-15(24)11-19(21)25)17(10-14)18-12-27(2)23(28)22-16(18)8-9-26-22/h4-12,26H,3,13H2,1-2H3. The number of hydrogen-bond donors (Lipinski definition) is 1. The van der Waals surface area contributed by atoms with Gasteiger partial charge in [-0.1, -0.05) is 6.07 Å². The molecular weight excluding hydrogens is 422 g/mol. The minimum absolute atomic E-state index is 0.123. The fraction of sp³-hybridized carbons (Fsp3) is 0.174. The maximum atomic E-state index is 14.2. The summed E-state index contributed by atoms with van der Waals surface area (Å²) < 4.78 is 46.9. The van der Waals surface area contributed by atoms with Crippen LogP contribution in [0.3, 0.4) is 0 Å². The maximum absolute atomic E-state index is 14.2. The van der Waals surface area contributed by atoms with E-state index < -0.39 is 22.8 Å². The molecular formula is C23H20F2N2O3S. The van der Waals surface area contributed by atoms with Crippen molar-refractivity contribution in [3.05, 3.63) is 82.4 Å². The highest BCUT2D eigenvalue weighted by atomic mass is 32.2. The SMILES string of the molecule is CC[S+]([O-])Cc1ccc(Oc2ccc(F)cc2F)c(-c2cn(C)c(=O)c3[nH]ccc23)c1. The van der Waals surface area contributed by atoms with E-state index >= 15 is 0 Å². The van der Waals surface area contributed by atoms with Crippen molar-refractivity contribution < 1.29 is 18.1 Å². The van der Waals surface area contributed by atoms with Crippen molar-refractivity contribution in [3.8, 4) is 22.6 Å². The first kappa shape index (κ1) is 21.1. The van der Waals surface area contributed by atoms with Crippen LogP contribution in [-0.2, 0) is 24.0 Å². The summed E-state index contributed by atoms with van der Waals surface area (Å²) in [7, 11) is 1.64. The second-order valence-corrected chi connectivity index (χ2v) is 8.85. The number of rotatable bonds is 6. The summed E-state index contributed by atoms with van der Waals surface area (Å²) in [6.45, 7) is 1.85. The lowest BCUT2D eigenvalue weighted by atomic mass is 10.0. The number of hydrogen-bond acceptors (Lipinski definition) is 3. The van der Waals surface area contributed by atoms with Crippen molar-refractivity contribution in [2.75, 3.05) is 5.75 Å². The maximum Gasteiger partial charge on any atom is 0.274 e. The van der Waals surface area contributed by atoms with E-state index in [0.717, 1.165) is 17.7 Å². The van der Waals surface area contributed by atoms with Crippen molar-refractivity contribution in [1.29, 1.82) is 0 Å². The highest BCUT2D eigenvalue weighted by molar-refractivity contribution is 7.90. The second-order valence-electron chi connectivity index (χ2n) is 7.11. The molecule has 2 aromatic carbocycles. The van der Waals surface area contributed by atoms with Gasteiger partial charge in [-0.25, -0.2) is 8.78 Å². The molecule has 8 heteroatoms. The molecule has 160 valence electrons. The normalized spacial score (nSPS) is 12.3. The minimum Gasteiger partial charge on any atom is -0.616 e. The molecule has 0 aliphatic rings. The van der Waals surface area contributed by atoms with Gasteiger partial charge in [-0.15, -0.1) is 0 Å². The number of halogens is 2. The fourth-order valence-corrected chi connectivity index (χ4v) is 4.17. The summed E-state index contributed by atoms with van der Waals surface area (Å²) in [5, 5.41) is 0.682. The number of nitrogens with zero attached hydrogens (tertiary/aromatic N) is 1. The van der Waals surface area contributed by atoms with E-state index in [1.165, 1.54) is 10.6 Å². The molecule has 31 heavy (non-hydrogen) atoms. The van der Waals surface area contributed by atoms with E-state index in [4.69, 9.17) is 4.74 Å². The first-order chi connectivity index (χ1) is 14.9. The summed E-state index contributed by atoms with van der Waals surface area (Å²) in [5.41, 5.74) is 2.37. The van der Waals surface area contributed by atoms with Gasteiger partial charge in [0.25, 0.3) is 5.56 Å². The summed E-state index contributed by atoms with van der Waals surface area (Å²) >= 11 is -1.02. The van der Waals surface area contributed by atoms with Crippen LogP contribution in [0.25, 0.3) is 22.0 Å². The Balaban J connectivity index is 1.90. The van der Waals surface area contributed by atoms with Gasteiger partial charge in [-0.05, 0) is 48.4 Å². The number of nitrogens with one attached hydrogen (secondary N) is 1. The van der Waals surface area contributed by atoms with Crippen LogP contribution in [0.2, 0.25) is 0 Å². The zero-order valence-electron chi connectivity index (χ0n) is 16.9. The molecule has 4 aromatic rings. The van der Waals surface area contributed by atoms with Crippen LogP contribution in [0.4, 0.5) is 8.78 Å². The summed E-state index contributed by atoms with van der Waals surface area (Å²) in [5.74, 6) is -0.434. The van der Waals surface area contributed by atoms with Crippen LogP contribution in [0, 0.1) is 11.6 Å². The van der Waals surface area contributed by atoms with Crippen LogP contribution in [0.5, 0.6) is 11.5 Å². The molecule has 0 aliphatic carbocycles. The first-order valence-electron chi connectivity index (χ1n) is 9.65. The minimum atomic E-state index is -1.02. The van der Waals surface area contributed by atoms with Crippen molar-refractivity contribution in [2.24, 2.45) is 7.05 Å². The van der Waals surface area contributed by atoms with Gasteiger partial charge in [0.1, 0.15) is 28.6 Å². The Bertz CT molecular complexity index is 1320. The van der Waals surface area contributed by atoms with Crippen LogP contribution in [0.15, 0.2) is 59.7 Å². The lowest BCUT2D eigenvalue weighted by Crippen LogP contribution is -2.16. The molecule has 2 aromatic heterocycles. The van der Waals surface area contributed by atoms with Crippen LogP contribution in [-0.4, -0.2) is 19.9 Å². The Morgan fingerprint density at radius 2 is 1.87 bits per heavy atom. The zero-order valence-corrected chi connectivity index (χ0v) is 17.8. The molecule has 0 spiro atoms.